The van der Waals surface area contributed by atoms with E-state index in [1.165, 1.54) is 0 Å². The van der Waals surface area contributed by atoms with Crippen molar-refractivity contribution in [1.82, 2.24) is 34.7 Å². The van der Waals surface area contributed by atoms with Crippen molar-refractivity contribution in [3.05, 3.63) is 47.9 Å². The van der Waals surface area contributed by atoms with E-state index in [9.17, 15) is 0 Å². The van der Waals surface area contributed by atoms with Crippen molar-refractivity contribution in [2.24, 2.45) is 0 Å². The summed E-state index contributed by atoms with van der Waals surface area (Å²) in [6, 6.07) is 7.97. The minimum absolute atomic E-state index is 0.0129. The fraction of sp³-hybridized carbons (Fsp3) is 0.350. The first-order valence-corrected chi connectivity index (χ1v) is 9.36. The topological polar surface area (TPSA) is 100 Å². The summed E-state index contributed by atoms with van der Waals surface area (Å²) >= 11 is 0. The molecule has 0 aliphatic heterocycles. The molecule has 3 heterocycles. The van der Waals surface area contributed by atoms with Gasteiger partial charge in [0.15, 0.2) is 0 Å². The van der Waals surface area contributed by atoms with Crippen LogP contribution in [0.2, 0.25) is 0 Å². The highest BCUT2D eigenvalue weighted by Gasteiger charge is 2.19. The van der Waals surface area contributed by atoms with Gasteiger partial charge < -0.3 is 5.73 Å². The van der Waals surface area contributed by atoms with Crippen LogP contribution in [0.5, 0.6) is 0 Å². The van der Waals surface area contributed by atoms with E-state index in [1.54, 1.807) is 4.68 Å². The Morgan fingerprint density at radius 1 is 1.14 bits per heavy atom. The first kappa shape index (κ1) is 18.1. The molecule has 0 saturated carbocycles. The molecule has 0 aliphatic carbocycles. The number of anilines is 1. The number of benzene rings is 1. The van der Waals surface area contributed by atoms with Crippen molar-refractivity contribution in [2.45, 2.75) is 46.2 Å². The maximum absolute atomic E-state index is 5.93. The first-order valence-electron chi connectivity index (χ1n) is 9.36. The van der Waals surface area contributed by atoms with Crippen LogP contribution in [0.4, 0.5) is 5.95 Å². The number of para-hydroxylation sites is 1. The lowest BCUT2D eigenvalue weighted by Crippen LogP contribution is -2.25. The standard InChI is InChI=1S/C20H24N8/c1-5-20(3,4)28-10-9-14(25-28)11-27-12-16(24-26-27)18-15-8-6-7-13(2)17(15)22-19(21)23-18/h6-10,12H,5,11H2,1-4H3,(H2,21,22,23). The van der Waals surface area contributed by atoms with E-state index in [0.29, 0.717) is 17.9 Å². The van der Waals surface area contributed by atoms with E-state index in [2.05, 4.69) is 46.1 Å². The monoisotopic (exact) mass is 376 g/mol. The smallest absolute Gasteiger partial charge is 0.221 e. The number of nitrogens with zero attached hydrogens (tertiary/aromatic N) is 7. The molecular weight excluding hydrogens is 352 g/mol. The fourth-order valence-corrected chi connectivity index (χ4v) is 3.10. The average Bonchev–Trinajstić information content (AvgIpc) is 3.32. The van der Waals surface area contributed by atoms with Crippen LogP contribution in [-0.4, -0.2) is 34.7 Å². The van der Waals surface area contributed by atoms with E-state index >= 15 is 0 Å². The number of nitrogen functional groups attached to an aromatic ring is 1. The lowest BCUT2D eigenvalue weighted by atomic mass is 10.0. The predicted octanol–water partition coefficient (Wildman–Crippen LogP) is 3.17. The molecule has 8 heteroatoms. The second kappa shape index (κ2) is 6.70. The molecule has 28 heavy (non-hydrogen) atoms. The lowest BCUT2D eigenvalue weighted by molar-refractivity contribution is 0.305. The number of hydrogen-bond acceptors (Lipinski definition) is 6. The number of aromatic nitrogens is 7. The Morgan fingerprint density at radius 3 is 2.75 bits per heavy atom. The predicted molar refractivity (Wildman–Crippen MR) is 109 cm³/mol. The van der Waals surface area contributed by atoms with Gasteiger partial charge in [-0.3, -0.25) is 4.68 Å². The van der Waals surface area contributed by atoms with Crippen LogP contribution in [0.25, 0.3) is 22.3 Å². The number of fused-ring (bicyclic) bond motifs is 1. The van der Waals surface area contributed by atoms with E-state index in [0.717, 1.165) is 28.6 Å². The molecule has 8 nitrogen and oxygen atoms in total. The second-order valence-electron chi connectivity index (χ2n) is 7.62. The van der Waals surface area contributed by atoms with Gasteiger partial charge >= 0.3 is 0 Å². The molecule has 0 bridgehead atoms. The van der Waals surface area contributed by atoms with E-state index in [1.807, 2.05) is 48.3 Å². The highest BCUT2D eigenvalue weighted by atomic mass is 15.4. The van der Waals surface area contributed by atoms with Crippen LogP contribution in [-0.2, 0) is 12.1 Å². The zero-order chi connectivity index (χ0) is 19.9. The Kier molecular flexibility index (Phi) is 4.33. The number of aryl methyl sites for hydroxylation is 1. The molecular formula is C20H24N8. The van der Waals surface area contributed by atoms with Crippen molar-refractivity contribution in [2.75, 3.05) is 5.73 Å². The largest absolute Gasteiger partial charge is 0.368 e. The molecule has 0 atom stereocenters. The van der Waals surface area contributed by atoms with Crippen LogP contribution in [0.1, 0.15) is 38.4 Å². The summed E-state index contributed by atoms with van der Waals surface area (Å²) in [4.78, 5) is 8.78. The zero-order valence-corrected chi connectivity index (χ0v) is 16.6. The van der Waals surface area contributed by atoms with Crippen molar-refractivity contribution < 1.29 is 0 Å². The highest BCUT2D eigenvalue weighted by Crippen LogP contribution is 2.27. The Morgan fingerprint density at radius 2 is 1.96 bits per heavy atom. The van der Waals surface area contributed by atoms with E-state index < -0.39 is 0 Å². The van der Waals surface area contributed by atoms with Gasteiger partial charge in [0.2, 0.25) is 5.95 Å². The maximum atomic E-state index is 5.93. The minimum atomic E-state index is -0.0129. The van der Waals surface area contributed by atoms with Gasteiger partial charge in [0.25, 0.3) is 0 Å². The zero-order valence-electron chi connectivity index (χ0n) is 16.6. The maximum Gasteiger partial charge on any atom is 0.221 e. The van der Waals surface area contributed by atoms with E-state index in [4.69, 9.17) is 5.73 Å². The van der Waals surface area contributed by atoms with Crippen LogP contribution in [0.3, 0.4) is 0 Å². The molecule has 0 unspecified atom stereocenters. The van der Waals surface area contributed by atoms with Crippen molar-refractivity contribution >= 4 is 16.9 Å². The summed E-state index contributed by atoms with van der Waals surface area (Å²) in [5.41, 5.74) is 10.1. The summed E-state index contributed by atoms with van der Waals surface area (Å²) in [6.07, 6.45) is 4.88. The van der Waals surface area contributed by atoms with Gasteiger partial charge in [-0.2, -0.15) is 5.10 Å². The summed E-state index contributed by atoms with van der Waals surface area (Å²) in [7, 11) is 0. The Labute approximate surface area is 163 Å². The van der Waals surface area contributed by atoms with Crippen LogP contribution in [0, 0.1) is 6.92 Å². The molecule has 0 saturated heterocycles. The third-order valence-corrected chi connectivity index (χ3v) is 5.18. The van der Waals surface area contributed by atoms with Crippen molar-refractivity contribution in [3.8, 4) is 11.4 Å². The summed E-state index contributed by atoms with van der Waals surface area (Å²) in [5, 5.41) is 14.2. The summed E-state index contributed by atoms with van der Waals surface area (Å²) < 4.78 is 3.77. The van der Waals surface area contributed by atoms with Crippen LogP contribution >= 0.6 is 0 Å². The second-order valence-corrected chi connectivity index (χ2v) is 7.62. The van der Waals surface area contributed by atoms with Gasteiger partial charge in [-0.1, -0.05) is 30.3 Å². The van der Waals surface area contributed by atoms with Gasteiger partial charge in [-0.05, 0) is 38.8 Å². The van der Waals surface area contributed by atoms with Gasteiger partial charge in [0.1, 0.15) is 11.4 Å². The molecule has 0 amide bonds. The number of rotatable bonds is 5. The molecule has 0 aliphatic rings. The molecule has 4 rings (SSSR count). The minimum Gasteiger partial charge on any atom is -0.368 e. The third-order valence-electron chi connectivity index (χ3n) is 5.18. The average molecular weight is 376 g/mol. The van der Waals surface area contributed by atoms with Gasteiger partial charge in [-0.25, -0.2) is 14.6 Å². The molecule has 0 fully saturated rings. The van der Waals surface area contributed by atoms with E-state index in [-0.39, 0.29) is 11.5 Å². The number of nitrogens with two attached hydrogens (primary N) is 1. The molecule has 2 N–H and O–H groups in total. The lowest BCUT2D eigenvalue weighted by Gasteiger charge is -2.23. The quantitative estimate of drug-likeness (QED) is 0.574. The third kappa shape index (κ3) is 3.21. The Balaban J connectivity index is 1.66. The van der Waals surface area contributed by atoms with Gasteiger partial charge in [0, 0.05) is 11.6 Å². The van der Waals surface area contributed by atoms with Crippen LogP contribution in [0.15, 0.2) is 36.7 Å². The molecule has 144 valence electrons. The Bertz CT molecular complexity index is 1140. The van der Waals surface area contributed by atoms with Gasteiger partial charge in [0.05, 0.1) is 29.5 Å². The van der Waals surface area contributed by atoms with Gasteiger partial charge in [-0.15, -0.1) is 5.10 Å². The molecule has 3 aromatic heterocycles. The van der Waals surface area contributed by atoms with Crippen molar-refractivity contribution in [1.29, 1.82) is 0 Å². The first-order chi connectivity index (χ1) is 13.4. The van der Waals surface area contributed by atoms with Crippen molar-refractivity contribution in [3.63, 3.8) is 0 Å². The molecule has 0 radical (unpaired) electrons. The van der Waals surface area contributed by atoms with Crippen LogP contribution < -0.4 is 5.73 Å². The number of hydrogen-bond donors (Lipinski definition) is 1. The molecule has 0 spiro atoms. The normalized spacial score (nSPS) is 12.0. The Hall–Kier alpha value is -3.29. The summed E-state index contributed by atoms with van der Waals surface area (Å²) in [6.45, 7) is 9.04. The summed E-state index contributed by atoms with van der Waals surface area (Å²) in [5.74, 6) is 0.229. The molecule has 1 aromatic carbocycles. The fourth-order valence-electron chi connectivity index (χ4n) is 3.10. The molecule has 4 aromatic rings. The SMILES string of the molecule is CCC(C)(C)n1ccc(Cn2cc(-c3nc(N)nc4c(C)cccc34)nn2)n1. The highest BCUT2D eigenvalue weighted by molar-refractivity contribution is 5.93.